The largest absolute Gasteiger partial charge is 0.391 e. The predicted molar refractivity (Wildman–Crippen MR) is 85.8 cm³/mol. The average Bonchev–Trinajstić information content (AvgIpc) is 3.03. The summed E-state index contributed by atoms with van der Waals surface area (Å²) in [6.45, 7) is 1.39. The number of hydrogen-bond donors (Lipinski definition) is 1. The van der Waals surface area contributed by atoms with Gasteiger partial charge in [0.15, 0.2) is 5.65 Å². The fourth-order valence-corrected chi connectivity index (χ4v) is 3.09. The van der Waals surface area contributed by atoms with Gasteiger partial charge in [0.25, 0.3) is 0 Å². The van der Waals surface area contributed by atoms with E-state index >= 15 is 0 Å². The summed E-state index contributed by atoms with van der Waals surface area (Å²) in [5.74, 6) is 0.533. The summed E-state index contributed by atoms with van der Waals surface area (Å²) in [4.78, 5) is 6.60. The van der Waals surface area contributed by atoms with Crippen LogP contribution < -0.4 is 4.90 Å². The Labute approximate surface area is 133 Å². The van der Waals surface area contributed by atoms with Gasteiger partial charge in [0.2, 0.25) is 0 Å². The second-order valence-electron chi connectivity index (χ2n) is 5.82. The van der Waals surface area contributed by atoms with Crippen molar-refractivity contribution >= 4 is 11.5 Å². The van der Waals surface area contributed by atoms with Crippen LogP contribution >= 0.6 is 0 Å². The summed E-state index contributed by atoms with van der Waals surface area (Å²) in [6.07, 6.45) is 3.06. The molecule has 1 N–H and O–H groups in total. The van der Waals surface area contributed by atoms with Gasteiger partial charge in [-0.3, -0.25) is 0 Å². The average molecular weight is 312 g/mol. The van der Waals surface area contributed by atoms with E-state index in [-0.39, 0.29) is 11.9 Å². The smallest absolute Gasteiger partial charge is 0.157 e. The van der Waals surface area contributed by atoms with Gasteiger partial charge in [0, 0.05) is 30.8 Å². The first-order chi connectivity index (χ1) is 11.2. The molecular weight excluding hydrogens is 295 g/mol. The molecule has 1 aliphatic heterocycles. The van der Waals surface area contributed by atoms with Crippen molar-refractivity contribution in [1.82, 2.24) is 14.6 Å². The van der Waals surface area contributed by atoms with E-state index in [2.05, 4.69) is 15.0 Å². The minimum Gasteiger partial charge on any atom is -0.391 e. The van der Waals surface area contributed by atoms with Crippen LogP contribution in [-0.4, -0.2) is 38.9 Å². The molecule has 0 radical (unpaired) electrons. The van der Waals surface area contributed by atoms with Crippen LogP contribution in [0.15, 0.2) is 42.6 Å². The molecule has 0 amide bonds. The van der Waals surface area contributed by atoms with Gasteiger partial charge >= 0.3 is 0 Å². The fourth-order valence-electron chi connectivity index (χ4n) is 3.09. The molecule has 1 atom stereocenters. The molecule has 1 saturated heterocycles. The van der Waals surface area contributed by atoms with Gasteiger partial charge in [0.05, 0.1) is 18.0 Å². The molecule has 1 unspecified atom stereocenters. The molecular formula is C17H17FN4O. The number of hydrogen-bond acceptors (Lipinski definition) is 4. The Morgan fingerprint density at radius 2 is 2.09 bits per heavy atom. The highest BCUT2D eigenvalue weighted by molar-refractivity contribution is 5.67. The lowest BCUT2D eigenvalue weighted by atomic mass is 10.1. The predicted octanol–water partition coefficient (Wildman–Crippen LogP) is 2.50. The van der Waals surface area contributed by atoms with Crippen LogP contribution in [0.2, 0.25) is 0 Å². The number of halogens is 1. The number of benzene rings is 1. The van der Waals surface area contributed by atoms with Crippen LogP contribution in [-0.2, 0) is 0 Å². The number of aromatic nitrogens is 3. The number of anilines is 1. The van der Waals surface area contributed by atoms with Gasteiger partial charge in [-0.1, -0.05) is 12.1 Å². The van der Waals surface area contributed by atoms with Gasteiger partial charge in [0.1, 0.15) is 11.6 Å². The van der Waals surface area contributed by atoms with Crippen molar-refractivity contribution in [2.75, 3.05) is 18.0 Å². The quantitative estimate of drug-likeness (QED) is 0.790. The lowest BCUT2D eigenvalue weighted by molar-refractivity contribution is 0.153. The molecule has 1 aromatic carbocycles. The van der Waals surface area contributed by atoms with Gasteiger partial charge in [-0.15, -0.1) is 0 Å². The third-order valence-corrected chi connectivity index (χ3v) is 4.21. The van der Waals surface area contributed by atoms with Crippen molar-refractivity contribution < 1.29 is 9.50 Å². The lowest BCUT2D eigenvalue weighted by Crippen LogP contribution is -2.39. The Morgan fingerprint density at radius 1 is 1.22 bits per heavy atom. The second kappa shape index (κ2) is 5.62. The fraction of sp³-hybridized carbons (Fsp3) is 0.294. The van der Waals surface area contributed by atoms with Crippen molar-refractivity contribution in [1.29, 1.82) is 0 Å². The van der Waals surface area contributed by atoms with E-state index in [0.717, 1.165) is 25.2 Å². The number of rotatable bonds is 2. The first-order valence-electron chi connectivity index (χ1n) is 7.75. The highest BCUT2D eigenvalue weighted by atomic mass is 19.1. The van der Waals surface area contributed by atoms with E-state index in [1.54, 1.807) is 35.0 Å². The summed E-state index contributed by atoms with van der Waals surface area (Å²) < 4.78 is 15.9. The molecule has 118 valence electrons. The van der Waals surface area contributed by atoms with E-state index < -0.39 is 0 Å². The molecule has 1 aliphatic rings. The number of fused-ring (bicyclic) bond motifs is 1. The van der Waals surface area contributed by atoms with Crippen molar-refractivity contribution in [3.8, 4) is 11.3 Å². The van der Waals surface area contributed by atoms with Crippen molar-refractivity contribution in [2.45, 2.75) is 18.9 Å². The molecule has 6 heteroatoms. The lowest BCUT2D eigenvalue weighted by Gasteiger charge is -2.32. The topological polar surface area (TPSA) is 53.7 Å². The summed E-state index contributed by atoms with van der Waals surface area (Å²) in [7, 11) is 0. The van der Waals surface area contributed by atoms with Gasteiger partial charge < -0.3 is 10.0 Å². The first kappa shape index (κ1) is 14.1. The molecule has 0 saturated carbocycles. The van der Waals surface area contributed by atoms with Crippen molar-refractivity contribution in [3.05, 3.63) is 48.4 Å². The molecule has 1 fully saturated rings. The normalized spacial score (nSPS) is 18.5. The monoisotopic (exact) mass is 312 g/mol. The van der Waals surface area contributed by atoms with E-state index in [9.17, 15) is 9.50 Å². The van der Waals surface area contributed by atoms with Crippen LogP contribution in [0.4, 0.5) is 10.2 Å². The van der Waals surface area contributed by atoms with E-state index in [1.807, 2.05) is 6.07 Å². The zero-order valence-corrected chi connectivity index (χ0v) is 12.6. The van der Waals surface area contributed by atoms with Crippen LogP contribution in [0.5, 0.6) is 0 Å². The van der Waals surface area contributed by atoms with Crippen molar-refractivity contribution in [2.24, 2.45) is 0 Å². The van der Waals surface area contributed by atoms with Crippen molar-refractivity contribution in [3.63, 3.8) is 0 Å². The van der Waals surface area contributed by atoms with Gasteiger partial charge in [-0.05, 0) is 25.0 Å². The van der Waals surface area contributed by atoms with Gasteiger partial charge in [-0.25, -0.2) is 9.37 Å². The van der Waals surface area contributed by atoms with Crippen LogP contribution in [0.3, 0.4) is 0 Å². The summed E-state index contributed by atoms with van der Waals surface area (Å²) in [6, 6.07) is 10.3. The highest BCUT2D eigenvalue weighted by Crippen LogP contribution is 2.27. The Bertz CT molecular complexity index is 847. The Balaban J connectivity index is 1.86. The molecule has 3 heterocycles. The molecule has 0 spiro atoms. The third-order valence-electron chi connectivity index (χ3n) is 4.21. The molecule has 3 aromatic rings. The minimum atomic E-state index is -0.348. The van der Waals surface area contributed by atoms with Crippen LogP contribution in [0, 0.1) is 5.82 Å². The highest BCUT2D eigenvalue weighted by Gasteiger charge is 2.21. The number of aliphatic hydroxyl groups excluding tert-OH is 1. The molecule has 5 nitrogen and oxygen atoms in total. The van der Waals surface area contributed by atoms with E-state index in [0.29, 0.717) is 23.4 Å². The summed E-state index contributed by atoms with van der Waals surface area (Å²) in [5, 5.41) is 14.3. The Hall–Kier alpha value is -2.47. The Morgan fingerprint density at radius 3 is 2.91 bits per heavy atom. The number of β-amino-alcohol motifs (C(OH)–C–C–N with tert-alkyl or cyclic N) is 1. The van der Waals surface area contributed by atoms with E-state index in [4.69, 9.17) is 0 Å². The number of nitrogens with zero attached hydrogens (tertiary/aromatic N) is 4. The van der Waals surface area contributed by atoms with E-state index in [1.165, 1.54) is 6.07 Å². The molecule has 0 aliphatic carbocycles. The maximum atomic E-state index is 14.1. The van der Waals surface area contributed by atoms with Gasteiger partial charge in [-0.2, -0.15) is 9.61 Å². The van der Waals surface area contributed by atoms with Crippen LogP contribution in [0.1, 0.15) is 12.8 Å². The number of aliphatic hydroxyl groups is 1. The zero-order chi connectivity index (χ0) is 15.8. The minimum absolute atomic E-state index is 0.298. The molecule has 4 rings (SSSR count). The zero-order valence-electron chi connectivity index (χ0n) is 12.6. The summed E-state index contributed by atoms with van der Waals surface area (Å²) >= 11 is 0. The SMILES string of the molecule is OC1CCCN(c2cc(-c3ccccc3F)nc3ccnn23)C1. The maximum Gasteiger partial charge on any atom is 0.157 e. The molecule has 2 aromatic heterocycles. The standard InChI is InChI=1S/C17H17FN4O/c18-14-6-2-1-5-13(14)15-10-17(21-9-3-4-12(23)11-21)22-16(20-15)7-8-19-22/h1-2,5-8,10,12,23H,3-4,9,11H2. The second-order valence-corrected chi connectivity index (χ2v) is 5.82. The first-order valence-corrected chi connectivity index (χ1v) is 7.75. The summed E-state index contributed by atoms with van der Waals surface area (Å²) in [5.41, 5.74) is 1.71. The number of piperidine rings is 1. The molecule has 0 bridgehead atoms. The molecule has 23 heavy (non-hydrogen) atoms. The Kier molecular flexibility index (Phi) is 3.46. The van der Waals surface area contributed by atoms with Crippen LogP contribution in [0.25, 0.3) is 16.9 Å². The third kappa shape index (κ3) is 2.55. The maximum absolute atomic E-state index is 14.1.